The van der Waals surface area contributed by atoms with Crippen molar-refractivity contribution in [3.05, 3.63) is 64.1 Å². The summed E-state index contributed by atoms with van der Waals surface area (Å²) < 4.78 is 6.22. The van der Waals surface area contributed by atoms with E-state index in [4.69, 9.17) is 4.74 Å². The summed E-state index contributed by atoms with van der Waals surface area (Å²) in [5.41, 5.74) is 2.11. The number of rotatable bonds is 6. The largest absolute Gasteiger partial charge is 0.497 e. The first-order valence-electron chi connectivity index (χ1n) is 9.40. The summed E-state index contributed by atoms with van der Waals surface area (Å²) in [6, 6.07) is 17.8. The van der Waals surface area contributed by atoms with Gasteiger partial charge in [-0.1, -0.05) is 40.2 Å². The maximum absolute atomic E-state index is 12.6. The highest BCUT2D eigenvalue weighted by molar-refractivity contribution is 9.10. The van der Waals surface area contributed by atoms with Crippen molar-refractivity contribution >= 4 is 21.8 Å². The molecule has 6 heteroatoms. The van der Waals surface area contributed by atoms with E-state index in [1.165, 1.54) is 0 Å². The monoisotopic (exact) mass is 441 g/mol. The molecule has 0 aromatic heterocycles. The van der Waals surface area contributed by atoms with Crippen molar-refractivity contribution in [2.45, 2.75) is 18.9 Å². The number of hydrogen-bond acceptors (Lipinski definition) is 4. The maximum Gasteiger partial charge on any atom is 0.222 e. The van der Waals surface area contributed by atoms with Gasteiger partial charge >= 0.3 is 0 Å². The number of nitrogens with zero attached hydrogens (tertiary/aromatic N) is 3. The molecule has 1 heterocycles. The molecular formula is C22H24BrN3O2. The lowest BCUT2D eigenvalue weighted by molar-refractivity contribution is -0.133. The van der Waals surface area contributed by atoms with Gasteiger partial charge < -0.3 is 9.64 Å². The SMILES string of the molecule is COc1ccc(C(C#N)N2CCN(C(=O)CCc3cccc(Br)c3)CC2)cc1. The van der Waals surface area contributed by atoms with Crippen molar-refractivity contribution in [2.24, 2.45) is 0 Å². The average molecular weight is 442 g/mol. The van der Waals surface area contributed by atoms with E-state index in [-0.39, 0.29) is 11.9 Å². The minimum atomic E-state index is -0.301. The van der Waals surface area contributed by atoms with E-state index >= 15 is 0 Å². The lowest BCUT2D eigenvalue weighted by atomic mass is 10.0. The maximum atomic E-state index is 12.6. The van der Waals surface area contributed by atoms with Crippen molar-refractivity contribution in [3.63, 3.8) is 0 Å². The molecule has 0 N–H and O–H groups in total. The number of benzene rings is 2. The summed E-state index contributed by atoms with van der Waals surface area (Å²) in [6.45, 7) is 2.72. The zero-order valence-electron chi connectivity index (χ0n) is 16.0. The second-order valence-corrected chi connectivity index (χ2v) is 7.77. The van der Waals surface area contributed by atoms with Gasteiger partial charge in [-0.3, -0.25) is 9.69 Å². The fraction of sp³-hybridized carbons (Fsp3) is 0.364. The predicted molar refractivity (Wildman–Crippen MR) is 112 cm³/mol. The summed E-state index contributed by atoms with van der Waals surface area (Å²) in [5, 5.41) is 9.66. The molecule has 0 saturated carbocycles. The van der Waals surface area contributed by atoms with Crippen molar-refractivity contribution in [1.29, 1.82) is 5.26 Å². The molecule has 0 bridgehead atoms. The first kappa shape index (κ1) is 20.4. The Morgan fingerprint density at radius 1 is 1.18 bits per heavy atom. The van der Waals surface area contributed by atoms with Crippen LogP contribution < -0.4 is 4.74 Å². The van der Waals surface area contributed by atoms with Crippen LogP contribution in [-0.4, -0.2) is 49.0 Å². The van der Waals surface area contributed by atoms with E-state index in [1.807, 2.05) is 47.4 Å². The van der Waals surface area contributed by atoms with Crippen LogP contribution in [0.25, 0.3) is 0 Å². The molecule has 5 nitrogen and oxygen atoms in total. The highest BCUT2D eigenvalue weighted by atomic mass is 79.9. The molecule has 0 spiro atoms. The van der Waals surface area contributed by atoms with Crippen LogP contribution in [0.5, 0.6) is 5.75 Å². The van der Waals surface area contributed by atoms with Crippen LogP contribution in [0.3, 0.4) is 0 Å². The molecule has 2 aromatic rings. The quantitative estimate of drug-likeness (QED) is 0.683. The highest BCUT2D eigenvalue weighted by Gasteiger charge is 2.26. The Bertz CT molecular complexity index is 840. The van der Waals surface area contributed by atoms with E-state index in [1.54, 1.807) is 7.11 Å². The van der Waals surface area contributed by atoms with Crippen molar-refractivity contribution < 1.29 is 9.53 Å². The third-order valence-corrected chi connectivity index (χ3v) is 5.60. The van der Waals surface area contributed by atoms with Gasteiger partial charge in [0.1, 0.15) is 11.8 Å². The molecule has 146 valence electrons. The zero-order chi connectivity index (χ0) is 19.9. The van der Waals surface area contributed by atoms with Gasteiger partial charge in [-0.15, -0.1) is 0 Å². The predicted octanol–water partition coefficient (Wildman–Crippen LogP) is 3.80. The molecule has 1 amide bonds. The molecule has 3 rings (SSSR count). The lowest BCUT2D eigenvalue weighted by Crippen LogP contribution is -2.49. The van der Waals surface area contributed by atoms with Gasteiger partial charge in [-0.2, -0.15) is 5.26 Å². The van der Waals surface area contributed by atoms with Gasteiger partial charge in [0.25, 0.3) is 0 Å². The molecule has 1 unspecified atom stereocenters. The summed E-state index contributed by atoms with van der Waals surface area (Å²) in [5.74, 6) is 0.957. The van der Waals surface area contributed by atoms with Crippen molar-refractivity contribution in [3.8, 4) is 11.8 Å². The normalized spacial score (nSPS) is 15.7. The molecule has 28 heavy (non-hydrogen) atoms. The molecular weight excluding hydrogens is 418 g/mol. The molecule has 1 saturated heterocycles. The smallest absolute Gasteiger partial charge is 0.222 e. The Labute approximate surface area is 174 Å². The van der Waals surface area contributed by atoms with E-state index in [0.717, 1.165) is 27.8 Å². The second kappa shape index (κ2) is 9.72. The number of carbonyl (C=O) groups is 1. The van der Waals surface area contributed by atoms with Gasteiger partial charge in [0.15, 0.2) is 0 Å². The van der Waals surface area contributed by atoms with Crippen molar-refractivity contribution in [2.75, 3.05) is 33.3 Å². The third-order valence-electron chi connectivity index (χ3n) is 5.10. The Hall–Kier alpha value is -2.36. The van der Waals surface area contributed by atoms with E-state index in [0.29, 0.717) is 32.6 Å². The van der Waals surface area contributed by atoms with Crippen LogP contribution in [0.2, 0.25) is 0 Å². The van der Waals surface area contributed by atoms with Gasteiger partial charge in [0.2, 0.25) is 5.91 Å². The van der Waals surface area contributed by atoms with E-state index < -0.39 is 0 Å². The second-order valence-electron chi connectivity index (χ2n) is 6.85. The molecule has 0 aliphatic carbocycles. The van der Waals surface area contributed by atoms with E-state index in [9.17, 15) is 10.1 Å². The van der Waals surface area contributed by atoms with Crippen LogP contribution in [-0.2, 0) is 11.2 Å². The fourth-order valence-corrected chi connectivity index (χ4v) is 3.93. The number of methoxy groups -OCH3 is 1. The fourth-order valence-electron chi connectivity index (χ4n) is 3.48. The number of amides is 1. The van der Waals surface area contributed by atoms with Crippen LogP contribution in [0.1, 0.15) is 23.6 Å². The Kier molecular flexibility index (Phi) is 7.07. The average Bonchev–Trinajstić information content (AvgIpc) is 2.73. The van der Waals surface area contributed by atoms with Crippen LogP contribution in [0.15, 0.2) is 53.0 Å². The van der Waals surface area contributed by atoms with Gasteiger partial charge in [0, 0.05) is 37.1 Å². The number of aryl methyl sites for hydroxylation is 1. The standard InChI is InChI=1S/C22H24BrN3O2/c1-28-20-8-6-18(7-9-20)21(16-24)25-11-13-26(14-12-25)22(27)10-5-17-3-2-4-19(23)15-17/h2-4,6-9,15,21H,5,10-14H2,1H3. The number of halogens is 1. The van der Waals surface area contributed by atoms with Crippen LogP contribution in [0, 0.1) is 11.3 Å². The molecule has 1 aliphatic rings. The van der Waals surface area contributed by atoms with Gasteiger partial charge in [-0.25, -0.2) is 0 Å². The lowest BCUT2D eigenvalue weighted by Gasteiger charge is -2.37. The minimum Gasteiger partial charge on any atom is -0.497 e. The summed E-state index contributed by atoms with van der Waals surface area (Å²) in [7, 11) is 1.63. The van der Waals surface area contributed by atoms with Gasteiger partial charge in [0.05, 0.1) is 13.2 Å². The summed E-state index contributed by atoms with van der Waals surface area (Å²) >= 11 is 3.47. The Morgan fingerprint density at radius 2 is 1.89 bits per heavy atom. The molecule has 1 fully saturated rings. The number of nitriles is 1. The summed E-state index contributed by atoms with van der Waals surface area (Å²) in [6.07, 6.45) is 1.25. The zero-order valence-corrected chi connectivity index (χ0v) is 17.6. The number of piperazine rings is 1. The molecule has 0 radical (unpaired) electrons. The molecule has 1 atom stereocenters. The third kappa shape index (κ3) is 5.12. The highest BCUT2D eigenvalue weighted by Crippen LogP contribution is 2.24. The Morgan fingerprint density at radius 3 is 2.50 bits per heavy atom. The Balaban J connectivity index is 1.52. The number of ether oxygens (including phenoxy) is 1. The topological polar surface area (TPSA) is 56.6 Å². The van der Waals surface area contributed by atoms with Crippen molar-refractivity contribution in [1.82, 2.24) is 9.80 Å². The van der Waals surface area contributed by atoms with E-state index in [2.05, 4.69) is 33.0 Å². The van der Waals surface area contributed by atoms with Crippen LogP contribution in [0.4, 0.5) is 0 Å². The van der Waals surface area contributed by atoms with Crippen LogP contribution >= 0.6 is 15.9 Å². The van der Waals surface area contributed by atoms with Gasteiger partial charge in [-0.05, 0) is 41.8 Å². The minimum absolute atomic E-state index is 0.178. The number of carbonyl (C=O) groups excluding carboxylic acids is 1. The molecule has 2 aromatic carbocycles. The number of hydrogen-bond donors (Lipinski definition) is 0. The molecule has 1 aliphatic heterocycles. The summed E-state index contributed by atoms with van der Waals surface area (Å²) in [4.78, 5) is 16.6. The first-order valence-corrected chi connectivity index (χ1v) is 10.2. The first-order chi connectivity index (χ1) is 13.6.